The summed E-state index contributed by atoms with van der Waals surface area (Å²) in [4.78, 5) is 8.65. The van der Waals surface area contributed by atoms with Crippen LogP contribution in [0.5, 0.6) is 0 Å². The molecule has 0 spiro atoms. The molecule has 0 fully saturated rings. The zero-order chi connectivity index (χ0) is 25.9. The van der Waals surface area contributed by atoms with Gasteiger partial charge in [0.25, 0.3) is 0 Å². The van der Waals surface area contributed by atoms with E-state index in [9.17, 15) is 4.21 Å². The van der Waals surface area contributed by atoms with Gasteiger partial charge in [0.1, 0.15) is 0 Å². The number of hydrogen-bond acceptors (Lipinski definition) is 5. The molecule has 0 bridgehead atoms. The fourth-order valence-electron chi connectivity index (χ4n) is 5.47. The summed E-state index contributed by atoms with van der Waals surface area (Å²) in [6.07, 6.45) is 16.8. The molecule has 0 aliphatic heterocycles. The average molecular weight is 517 g/mol. The van der Waals surface area contributed by atoms with Gasteiger partial charge in [0, 0.05) is 35.3 Å². The lowest BCUT2D eigenvalue weighted by Crippen LogP contribution is -2.08. The van der Waals surface area contributed by atoms with Crippen molar-refractivity contribution in [3.8, 4) is 0 Å². The summed E-state index contributed by atoms with van der Waals surface area (Å²) < 4.78 is 11.8. The molecule has 7 rings (SSSR count). The van der Waals surface area contributed by atoms with Gasteiger partial charge in [-0.15, -0.1) is 0 Å². The largest absolute Gasteiger partial charge is 0.251 e. The molecule has 0 N–H and O–H groups in total. The highest BCUT2D eigenvalue weighted by atomic mass is 32.2. The smallest absolute Gasteiger partial charge is 0.218 e. The minimum Gasteiger partial charge on any atom is -0.251 e. The van der Waals surface area contributed by atoms with Gasteiger partial charge in [-0.25, -0.2) is 9.97 Å². The standard InChI is InChI=1S/C24H22N2OS.C8H6N2/c1-28(27)24-25-14-13-19(26-24)15-18-7-4-6-17-10-11-21-20-8-3-2-5-16(20)9-12-22(21)23(17)18;1-2-4-8-6-10-9-5-7(8)3-1/h3-4,6-8,10-11,13-14H,2,5,9,12,15H2,1H3;1-6H. The third kappa shape index (κ3) is 4.92. The van der Waals surface area contributed by atoms with Gasteiger partial charge in [-0.1, -0.05) is 72.3 Å². The van der Waals surface area contributed by atoms with Crippen LogP contribution < -0.4 is 0 Å². The third-order valence-corrected chi connectivity index (χ3v) is 7.97. The van der Waals surface area contributed by atoms with Crippen LogP contribution in [0.3, 0.4) is 0 Å². The summed E-state index contributed by atoms with van der Waals surface area (Å²) >= 11 is 0. The Kier molecular flexibility index (Phi) is 6.88. The number of aromatic nitrogens is 4. The van der Waals surface area contributed by atoms with E-state index < -0.39 is 10.8 Å². The lowest BCUT2D eigenvalue weighted by Gasteiger charge is -2.26. The highest BCUT2D eigenvalue weighted by Crippen LogP contribution is 2.40. The number of aryl methyl sites for hydroxylation is 1. The maximum atomic E-state index is 11.8. The van der Waals surface area contributed by atoms with Crippen molar-refractivity contribution in [2.45, 2.75) is 37.3 Å². The molecule has 2 aliphatic rings. The zero-order valence-electron chi connectivity index (χ0n) is 21.3. The summed E-state index contributed by atoms with van der Waals surface area (Å²) in [6.45, 7) is 0. The Morgan fingerprint density at radius 2 is 1.63 bits per heavy atom. The predicted octanol–water partition coefficient (Wildman–Crippen LogP) is 6.64. The van der Waals surface area contributed by atoms with Crippen molar-refractivity contribution >= 4 is 37.9 Å². The minimum atomic E-state index is -1.17. The van der Waals surface area contributed by atoms with Crippen LogP contribution in [0.4, 0.5) is 0 Å². The molecule has 0 saturated carbocycles. The monoisotopic (exact) mass is 516 g/mol. The highest BCUT2D eigenvalue weighted by Gasteiger charge is 2.21. The summed E-state index contributed by atoms with van der Waals surface area (Å²) in [5.41, 5.74) is 8.11. The van der Waals surface area contributed by atoms with E-state index in [2.05, 4.69) is 62.6 Å². The van der Waals surface area contributed by atoms with Gasteiger partial charge in [0.2, 0.25) is 5.16 Å². The Balaban J connectivity index is 0.000000221. The summed E-state index contributed by atoms with van der Waals surface area (Å²) in [6, 6.07) is 21.0. The number of fused-ring (bicyclic) bond motifs is 5. The predicted molar refractivity (Wildman–Crippen MR) is 154 cm³/mol. The highest BCUT2D eigenvalue weighted by molar-refractivity contribution is 7.84. The van der Waals surface area contributed by atoms with Crippen LogP contribution in [0.15, 0.2) is 102 Å². The quantitative estimate of drug-likeness (QED) is 0.252. The fourth-order valence-corrected chi connectivity index (χ4v) is 5.92. The second kappa shape index (κ2) is 10.8. The first-order valence-corrected chi connectivity index (χ1v) is 14.5. The van der Waals surface area contributed by atoms with Gasteiger partial charge < -0.3 is 0 Å². The molecule has 6 heteroatoms. The third-order valence-electron chi connectivity index (χ3n) is 7.26. The van der Waals surface area contributed by atoms with Gasteiger partial charge in [-0.2, -0.15) is 10.2 Å². The van der Waals surface area contributed by atoms with Crippen molar-refractivity contribution in [2.75, 3.05) is 6.26 Å². The van der Waals surface area contributed by atoms with Crippen molar-refractivity contribution in [1.82, 2.24) is 20.2 Å². The molecule has 2 heterocycles. The van der Waals surface area contributed by atoms with Crippen molar-refractivity contribution in [2.24, 2.45) is 0 Å². The second-order valence-corrected chi connectivity index (χ2v) is 10.9. The lowest BCUT2D eigenvalue weighted by atomic mass is 9.78. The van der Waals surface area contributed by atoms with Gasteiger partial charge in [-0.05, 0) is 64.8 Å². The molecule has 5 nitrogen and oxygen atoms in total. The first-order chi connectivity index (χ1) is 18.7. The topological polar surface area (TPSA) is 68.6 Å². The number of hydrogen-bond donors (Lipinski definition) is 0. The first-order valence-electron chi connectivity index (χ1n) is 12.9. The zero-order valence-corrected chi connectivity index (χ0v) is 22.1. The molecule has 1 unspecified atom stereocenters. The maximum absolute atomic E-state index is 11.8. The van der Waals surface area contributed by atoms with Gasteiger partial charge in [0.15, 0.2) is 0 Å². The summed E-state index contributed by atoms with van der Waals surface area (Å²) in [5.74, 6) is 0. The molecular weight excluding hydrogens is 488 g/mol. The molecule has 0 radical (unpaired) electrons. The second-order valence-electron chi connectivity index (χ2n) is 9.64. The van der Waals surface area contributed by atoms with E-state index in [1.807, 2.05) is 30.3 Å². The first kappa shape index (κ1) is 24.3. The van der Waals surface area contributed by atoms with Gasteiger partial charge in [-0.3, -0.25) is 4.21 Å². The van der Waals surface area contributed by atoms with E-state index in [1.54, 1.807) is 30.4 Å². The number of benzene rings is 3. The SMILES string of the molecule is CS(=O)c1nccc(Cc2cccc3ccc4c(c23)CCC2=C4C=CCC2)n1.c1ccc2cnncc2c1. The van der Waals surface area contributed by atoms with Crippen molar-refractivity contribution in [3.05, 3.63) is 119 Å². The average Bonchev–Trinajstić information content (AvgIpc) is 2.97. The normalized spacial score (nSPS) is 15.0. The number of nitrogens with zero attached hydrogens (tertiary/aromatic N) is 4. The molecule has 188 valence electrons. The molecule has 3 aromatic carbocycles. The molecular formula is C32H28N4OS. The lowest BCUT2D eigenvalue weighted by molar-refractivity contribution is 0.678. The molecule has 0 amide bonds. The Hall–Kier alpha value is -4.03. The van der Waals surface area contributed by atoms with E-state index in [1.165, 1.54) is 45.9 Å². The van der Waals surface area contributed by atoms with Crippen LogP contribution in [0.25, 0.3) is 27.1 Å². The van der Waals surface area contributed by atoms with Crippen LogP contribution in [-0.2, 0) is 23.6 Å². The molecule has 38 heavy (non-hydrogen) atoms. The van der Waals surface area contributed by atoms with Crippen LogP contribution in [0.1, 0.15) is 41.6 Å². The van der Waals surface area contributed by atoms with Crippen molar-refractivity contribution in [1.29, 1.82) is 0 Å². The molecule has 1 atom stereocenters. The van der Waals surface area contributed by atoms with E-state index in [-0.39, 0.29) is 0 Å². The van der Waals surface area contributed by atoms with Crippen LogP contribution in [0, 0.1) is 0 Å². The number of rotatable bonds is 3. The maximum Gasteiger partial charge on any atom is 0.218 e. The van der Waals surface area contributed by atoms with Crippen molar-refractivity contribution < 1.29 is 4.21 Å². The molecule has 2 aromatic heterocycles. The van der Waals surface area contributed by atoms with E-state index in [0.717, 1.165) is 35.7 Å². The number of allylic oxidation sites excluding steroid dienone is 4. The van der Waals surface area contributed by atoms with Crippen LogP contribution in [0.2, 0.25) is 0 Å². The van der Waals surface area contributed by atoms with Crippen LogP contribution in [-0.4, -0.2) is 30.6 Å². The van der Waals surface area contributed by atoms with Gasteiger partial charge >= 0.3 is 0 Å². The molecule has 0 saturated heterocycles. The Morgan fingerprint density at radius 1 is 0.842 bits per heavy atom. The van der Waals surface area contributed by atoms with E-state index in [4.69, 9.17) is 0 Å². The van der Waals surface area contributed by atoms with E-state index >= 15 is 0 Å². The minimum absolute atomic E-state index is 0.405. The summed E-state index contributed by atoms with van der Waals surface area (Å²) in [5, 5.41) is 12.9. The Morgan fingerprint density at radius 3 is 2.42 bits per heavy atom. The Bertz CT molecular complexity index is 1680. The van der Waals surface area contributed by atoms with Gasteiger partial charge in [0.05, 0.1) is 23.2 Å². The van der Waals surface area contributed by atoms with Crippen molar-refractivity contribution in [3.63, 3.8) is 0 Å². The summed E-state index contributed by atoms with van der Waals surface area (Å²) in [7, 11) is -1.17. The molecule has 2 aliphatic carbocycles. The van der Waals surface area contributed by atoms with E-state index in [0.29, 0.717) is 5.16 Å². The van der Waals surface area contributed by atoms with Crippen LogP contribution >= 0.6 is 0 Å². The fraction of sp³-hybridized carbons (Fsp3) is 0.188. The Labute approximate surface area is 224 Å². The molecule has 5 aromatic rings.